The van der Waals surface area contributed by atoms with E-state index in [4.69, 9.17) is 17.3 Å². The number of hydrogen-bond acceptors (Lipinski definition) is 2. The summed E-state index contributed by atoms with van der Waals surface area (Å²) in [6.45, 7) is 1.45. The number of benzene rings is 1. The first-order chi connectivity index (χ1) is 8.28. The molecule has 0 saturated heterocycles. The van der Waals surface area contributed by atoms with Crippen molar-refractivity contribution < 1.29 is 13.2 Å². The minimum absolute atomic E-state index is 0.0593. The van der Waals surface area contributed by atoms with Crippen LogP contribution in [0.5, 0.6) is 0 Å². The minimum Gasteiger partial charge on any atom is -0.369 e. The highest BCUT2D eigenvalue weighted by Crippen LogP contribution is 2.32. The lowest BCUT2D eigenvalue weighted by Gasteiger charge is -2.17. The van der Waals surface area contributed by atoms with Gasteiger partial charge in [-0.1, -0.05) is 11.6 Å². The highest BCUT2D eigenvalue weighted by molar-refractivity contribution is 6.31. The van der Waals surface area contributed by atoms with Crippen LogP contribution in [0.4, 0.5) is 19.1 Å². The lowest BCUT2D eigenvalue weighted by atomic mass is 10.2. The maximum Gasteiger partial charge on any atom is 0.391 e. The molecule has 0 spiro atoms. The van der Waals surface area contributed by atoms with Gasteiger partial charge in [0.15, 0.2) is 0 Å². The molecule has 0 amide bonds. The fraction of sp³-hybridized carbons (Fsp3) is 0.364. The van der Waals surface area contributed by atoms with Crippen molar-refractivity contribution in [2.75, 3.05) is 5.73 Å². The number of nitrogen functional groups attached to an aromatic ring is 1. The van der Waals surface area contributed by atoms with Crippen molar-refractivity contribution in [1.82, 2.24) is 9.55 Å². The summed E-state index contributed by atoms with van der Waals surface area (Å²) in [7, 11) is 0. The second-order valence-corrected chi connectivity index (χ2v) is 4.58. The Morgan fingerprint density at radius 3 is 2.72 bits per heavy atom. The number of alkyl halides is 3. The van der Waals surface area contributed by atoms with Gasteiger partial charge >= 0.3 is 6.18 Å². The van der Waals surface area contributed by atoms with Crippen LogP contribution in [0.3, 0.4) is 0 Å². The number of halogens is 4. The van der Waals surface area contributed by atoms with Crippen LogP contribution >= 0.6 is 11.6 Å². The summed E-state index contributed by atoms with van der Waals surface area (Å²) in [6, 6.07) is 3.99. The normalized spacial score (nSPS) is 14.1. The Morgan fingerprint density at radius 2 is 2.11 bits per heavy atom. The number of hydrogen-bond donors (Lipinski definition) is 1. The van der Waals surface area contributed by atoms with E-state index in [0.717, 1.165) is 0 Å². The van der Waals surface area contributed by atoms with Crippen molar-refractivity contribution in [1.29, 1.82) is 0 Å². The smallest absolute Gasteiger partial charge is 0.369 e. The predicted octanol–water partition coefficient (Wildman–Crippen LogP) is 3.79. The van der Waals surface area contributed by atoms with Crippen LogP contribution in [0.1, 0.15) is 19.4 Å². The molecule has 0 fully saturated rings. The summed E-state index contributed by atoms with van der Waals surface area (Å²) in [5.41, 5.74) is 6.71. The van der Waals surface area contributed by atoms with Gasteiger partial charge in [0, 0.05) is 11.1 Å². The van der Waals surface area contributed by atoms with Gasteiger partial charge in [0.25, 0.3) is 0 Å². The van der Waals surface area contributed by atoms with Gasteiger partial charge in [-0.05, 0) is 25.1 Å². The minimum atomic E-state index is -4.25. The molecular formula is C11H11ClF3N3. The van der Waals surface area contributed by atoms with E-state index >= 15 is 0 Å². The van der Waals surface area contributed by atoms with E-state index in [2.05, 4.69) is 4.98 Å². The summed E-state index contributed by atoms with van der Waals surface area (Å²) in [6.07, 6.45) is -5.21. The highest BCUT2D eigenvalue weighted by atomic mass is 35.5. The van der Waals surface area contributed by atoms with E-state index < -0.39 is 18.6 Å². The number of imidazole rings is 1. The monoisotopic (exact) mass is 277 g/mol. The van der Waals surface area contributed by atoms with Gasteiger partial charge in [0.1, 0.15) is 0 Å². The van der Waals surface area contributed by atoms with E-state index in [1.54, 1.807) is 18.2 Å². The molecule has 7 heteroatoms. The third-order valence-corrected chi connectivity index (χ3v) is 2.88. The van der Waals surface area contributed by atoms with Crippen LogP contribution < -0.4 is 5.73 Å². The molecule has 0 aliphatic heterocycles. The van der Waals surface area contributed by atoms with Crippen LogP contribution in [0.15, 0.2) is 18.2 Å². The first-order valence-corrected chi connectivity index (χ1v) is 5.65. The molecule has 2 rings (SSSR count). The maximum atomic E-state index is 12.4. The summed E-state index contributed by atoms with van der Waals surface area (Å²) in [5.74, 6) is 0.0593. The molecule has 0 aliphatic carbocycles. The fourth-order valence-electron chi connectivity index (χ4n) is 1.97. The second kappa shape index (κ2) is 4.35. The molecule has 0 radical (unpaired) electrons. The Bertz CT molecular complexity index is 577. The Hall–Kier alpha value is -1.43. The number of anilines is 1. The van der Waals surface area contributed by atoms with Crippen molar-refractivity contribution in [2.24, 2.45) is 0 Å². The second-order valence-electron chi connectivity index (χ2n) is 4.14. The zero-order valence-corrected chi connectivity index (χ0v) is 10.3. The molecular weight excluding hydrogens is 267 g/mol. The van der Waals surface area contributed by atoms with Crippen molar-refractivity contribution in [3.63, 3.8) is 0 Å². The number of aromatic nitrogens is 2. The van der Waals surface area contributed by atoms with Crippen molar-refractivity contribution in [2.45, 2.75) is 25.6 Å². The zero-order valence-electron chi connectivity index (χ0n) is 9.50. The van der Waals surface area contributed by atoms with Gasteiger partial charge < -0.3 is 10.3 Å². The van der Waals surface area contributed by atoms with Crippen LogP contribution in [0, 0.1) is 0 Å². The molecule has 1 aromatic carbocycles. The molecule has 1 atom stereocenters. The first-order valence-electron chi connectivity index (χ1n) is 5.27. The fourth-order valence-corrected chi connectivity index (χ4v) is 2.14. The van der Waals surface area contributed by atoms with Crippen LogP contribution in [-0.4, -0.2) is 15.7 Å². The Kier molecular flexibility index (Phi) is 3.14. The summed E-state index contributed by atoms with van der Waals surface area (Å²) in [5, 5.41) is 0.433. The average molecular weight is 278 g/mol. The lowest BCUT2D eigenvalue weighted by molar-refractivity contribution is -0.141. The molecule has 0 bridgehead atoms. The van der Waals surface area contributed by atoms with Gasteiger partial charge in [-0.15, -0.1) is 0 Å². The molecule has 1 unspecified atom stereocenters. The zero-order chi connectivity index (χ0) is 13.5. The summed E-state index contributed by atoms with van der Waals surface area (Å²) in [4.78, 5) is 4.02. The number of fused-ring (bicyclic) bond motifs is 1. The molecule has 1 aromatic heterocycles. The van der Waals surface area contributed by atoms with Gasteiger partial charge in [-0.3, -0.25) is 0 Å². The van der Waals surface area contributed by atoms with Crippen molar-refractivity contribution in [3.8, 4) is 0 Å². The Balaban J connectivity index is 2.49. The van der Waals surface area contributed by atoms with E-state index in [-0.39, 0.29) is 5.95 Å². The van der Waals surface area contributed by atoms with E-state index in [9.17, 15) is 13.2 Å². The maximum absolute atomic E-state index is 12.4. The summed E-state index contributed by atoms with van der Waals surface area (Å²) < 4.78 is 38.6. The van der Waals surface area contributed by atoms with Crippen LogP contribution in [-0.2, 0) is 0 Å². The largest absolute Gasteiger partial charge is 0.391 e. The quantitative estimate of drug-likeness (QED) is 0.908. The Morgan fingerprint density at radius 1 is 1.44 bits per heavy atom. The molecule has 18 heavy (non-hydrogen) atoms. The molecule has 1 heterocycles. The lowest BCUT2D eigenvalue weighted by Crippen LogP contribution is -2.17. The van der Waals surface area contributed by atoms with Crippen LogP contribution in [0.25, 0.3) is 11.0 Å². The topological polar surface area (TPSA) is 43.8 Å². The van der Waals surface area contributed by atoms with Crippen LogP contribution in [0.2, 0.25) is 5.02 Å². The van der Waals surface area contributed by atoms with Gasteiger partial charge in [0.2, 0.25) is 5.95 Å². The highest BCUT2D eigenvalue weighted by Gasteiger charge is 2.31. The molecule has 2 N–H and O–H groups in total. The Labute approximate surface area is 106 Å². The first kappa shape index (κ1) is 13.0. The van der Waals surface area contributed by atoms with E-state index in [1.165, 1.54) is 11.5 Å². The number of nitrogens with zero attached hydrogens (tertiary/aromatic N) is 2. The van der Waals surface area contributed by atoms with Crippen molar-refractivity contribution >= 4 is 28.6 Å². The third kappa shape index (κ3) is 2.53. The van der Waals surface area contributed by atoms with Crippen molar-refractivity contribution in [3.05, 3.63) is 23.2 Å². The van der Waals surface area contributed by atoms with Gasteiger partial charge in [-0.25, -0.2) is 4.98 Å². The molecule has 98 valence electrons. The molecule has 2 aromatic rings. The number of rotatable bonds is 2. The molecule has 3 nitrogen and oxygen atoms in total. The summed E-state index contributed by atoms with van der Waals surface area (Å²) >= 11 is 5.83. The van der Waals surface area contributed by atoms with Gasteiger partial charge in [-0.2, -0.15) is 13.2 Å². The standard InChI is InChI=1S/C11H11ClF3N3/c1-6(5-11(13,14)15)18-9-4-7(12)2-3-8(9)17-10(18)16/h2-4,6H,5H2,1H3,(H2,16,17). The SMILES string of the molecule is CC(CC(F)(F)F)n1c(N)nc2ccc(Cl)cc21. The van der Waals surface area contributed by atoms with E-state index in [0.29, 0.717) is 16.1 Å². The average Bonchev–Trinajstić information content (AvgIpc) is 2.50. The van der Waals surface area contributed by atoms with E-state index in [1.807, 2.05) is 0 Å². The van der Waals surface area contributed by atoms with Gasteiger partial charge in [0.05, 0.1) is 17.5 Å². The molecule has 0 aliphatic rings. The molecule has 0 saturated carbocycles. The third-order valence-electron chi connectivity index (χ3n) is 2.65. The number of nitrogens with two attached hydrogens (primary N) is 1. The predicted molar refractivity (Wildman–Crippen MR) is 64.5 cm³/mol.